The van der Waals surface area contributed by atoms with Crippen molar-refractivity contribution >= 4 is 28.2 Å². The summed E-state index contributed by atoms with van der Waals surface area (Å²) in [4.78, 5) is 22.2. The normalized spacial score (nSPS) is 12.5. The van der Waals surface area contributed by atoms with E-state index in [0.29, 0.717) is 27.6 Å². The van der Waals surface area contributed by atoms with Gasteiger partial charge in [0.1, 0.15) is 23.1 Å². The Morgan fingerprint density at radius 3 is 2.68 bits per heavy atom. The highest BCUT2D eigenvalue weighted by Gasteiger charge is 2.29. The average molecular weight is 402 g/mol. The third-order valence-corrected chi connectivity index (χ3v) is 5.14. The second-order valence-corrected chi connectivity index (χ2v) is 7.73. The van der Waals surface area contributed by atoms with Crippen molar-refractivity contribution < 1.29 is 9.26 Å². The second-order valence-electron chi connectivity index (χ2n) is 7.33. The van der Waals surface area contributed by atoms with Gasteiger partial charge in [-0.3, -0.25) is 9.20 Å². The molecule has 0 spiro atoms. The molecule has 0 bridgehead atoms. The third-order valence-electron chi connectivity index (χ3n) is 4.83. The molecule has 0 saturated heterocycles. The Morgan fingerprint density at radius 1 is 1.25 bits per heavy atom. The summed E-state index contributed by atoms with van der Waals surface area (Å²) in [5.74, 6) is 0.538. The number of hydrogen-bond acceptors (Lipinski definition) is 6. The predicted molar refractivity (Wildman–Crippen MR) is 106 cm³/mol. The van der Waals surface area contributed by atoms with Crippen LogP contribution in [0.4, 0.5) is 0 Å². The SMILES string of the molecule is COC(C)(C)c1nc(-c2ncn3c2c(=O)n(C(C)C)c2c(Cl)cccc23)no1. The number of hydrogen-bond donors (Lipinski definition) is 0. The van der Waals surface area contributed by atoms with Crippen LogP contribution in [0.1, 0.15) is 39.6 Å². The maximum atomic E-state index is 13.4. The largest absolute Gasteiger partial charge is 0.369 e. The summed E-state index contributed by atoms with van der Waals surface area (Å²) in [6.45, 7) is 7.50. The molecule has 0 aliphatic carbocycles. The average Bonchev–Trinajstić information content (AvgIpc) is 3.30. The van der Waals surface area contributed by atoms with Gasteiger partial charge in [-0.25, -0.2) is 4.98 Å². The van der Waals surface area contributed by atoms with Crippen LogP contribution in [-0.4, -0.2) is 31.2 Å². The Morgan fingerprint density at radius 2 is 2.00 bits per heavy atom. The number of halogens is 1. The molecule has 0 saturated carbocycles. The Kier molecular flexibility index (Phi) is 4.28. The molecule has 0 aliphatic rings. The molecule has 146 valence electrons. The first-order valence-corrected chi connectivity index (χ1v) is 9.23. The number of rotatable bonds is 4. The van der Waals surface area contributed by atoms with Crippen molar-refractivity contribution in [1.82, 2.24) is 24.1 Å². The molecule has 3 aromatic heterocycles. The summed E-state index contributed by atoms with van der Waals surface area (Å²) in [5, 5.41) is 4.52. The summed E-state index contributed by atoms with van der Waals surface area (Å²) in [6, 6.07) is 5.40. The Labute approximate surface area is 165 Å². The van der Waals surface area contributed by atoms with Gasteiger partial charge in [-0.05, 0) is 39.8 Å². The molecule has 1 aromatic carbocycles. The lowest BCUT2D eigenvalue weighted by molar-refractivity contribution is -0.00786. The zero-order chi connectivity index (χ0) is 20.2. The van der Waals surface area contributed by atoms with Gasteiger partial charge in [0.15, 0.2) is 0 Å². The molecule has 0 fully saturated rings. The van der Waals surface area contributed by atoms with E-state index < -0.39 is 5.60 Å². The zero-order valence-corrected chi connectivity index (χ0v) is 17.0. The van der Waals surface area contributed by atoms with E-state index in [9.17, 15) is 4.79 Å². The van der Waals surface area contributed by atoms with Crippen molar-refractivity contribution in [2.45, 2.75) is 39.3 Å². The fraction of sp³-hybridized carbons (Fsp3) is 0.368. The van der Waals surface area contributed by atoms with E-state index in [-0.39, 0.29) is 17.4 Å². The van der Waals surface area contributed by atoms with Gasteiger partial charge < -0.3 is 13.8 Å². The highest BCUT2D eigenvalue weighted by atomic mass is 35.5. The summed E-state index contributed by atoms with van der Waals surface area (Å²) >= 11 is 6.42. The summed E-state index contributed by atoms with van der Waals surface area (Å²) in [6.07, 6.45) is 1.58. The Bertz CT molecular complexity index is 1250. The minimum atomic E-state index is -0.751. The second kappa shape index (κ2) is 6.42. The number of ether oxygens (including phenoxy) is 1. The number of para-hydroxylation sites is 1. The maximum Gasteiger partial charge on any atom is 0.278 e. The lowest BCUT2D eigenvalue weighted by Gasteiger charge is -2.17. The van der Waals surface area contributed by atoms with Crippen LogP contribution < -0.4 is 5.56 Å². The molecule has 0 atom stereocenters. The number of methoxy groups -OCH3 is 1. The molecule has 3 heterocycles. The quantitative estimate of drug-likeness (QED) is 0.516. The fourth-order valence-electron chi connectivity index (χ4n) is 3.20. The van der Waals surface area contributed by atoms with E-state index in [1.807, 2.05) is 39.8 Å². The molecule has 28 heavy (non-hydrogen) atoms. The molecule has 4 rings (SSSR count). The standard InChI is InChI=1S/C19H20ClN5O3/c1-10(2)25-14-11(20)7-6-8-12(14)24-9-21-13(15(24)17(25)26)16-22-18(28-23-16)19(3,4)27-5/h6-10H,1-5H3. The fourth-order valence-corrected chi connectivity index (χ4v) is 3.46. The van der Waals surface area contributed by atoms with E-state index in [1.54, 1.807) is 28.5 Å². The van der Waals surface area contributed by atoms with Crippen LogP contribution in [0.15, 0.2) is 33.8 Å². The number of nitrogens with zero attached hydrogens (tertiary/aromatic N) is 5. The lowest BCUT2D eigenvalue weighted by Crippen LogP contribution is -2.25. The first-order valence-electron chi connectivity index (χ1n) is 8.85. The molecule has 0 unspecified atom stereocenters. The van der Waals surface area contributed by atoms with E-state index in [4.69, 9.17) is 20.9 Å². The lowest BCUT2D eigenvalue weighted by atomic mass is 10.1. The van der Waals surface area contributed by atoms with Gasteiger partial charge in [0.25, 0.3) is 11.4 Å². The summed E-state index contributed by atoms with van der Waals surface area (Å²) in [7, 11) is 1.56. The van der Waals surface area contributed by atoms with Crippen molar-refractivity contribution in [2.75, 3.05) is 7.11 Å². The van der Waals surface area contributed by atoms with Crippen LogP contribution in [0.3, 0.4) is 0 Å². The number of fused-ring (bicyclic) bond motifs is 3. The van der Waals surface area contributed by atoms with Crippen molar-refractivity contribution in [1.29, 1.82) is 0 Å². The van der Waals surface area contributed by atoms with Crippen LogP contribution in [0.25, 0.3) is 28.1 Å². The van der Waals surface area contributed by atoms with E-state index in [2.05, 4.69) is 15.1 Å². The first kappa shape index (κ1) is 18.6. The zero-order valence-electron chi connectivity index (χ0n) is 16.2. The van der Waals surface area contributed by atoms with Gasteiger partial charge in [0.05, 0.1) is 16.1 Å². The van der Waals surface area contributed by atoms with Gasteiger partial charge in [-0.15, -0.1) is 0 Å². The van der Waals surface area contributed by atoms with Gasteiger partial charge in [-0.1, -0.05) is 22.8 Å². The first-order chi connectivity index (χ1) is 13.3. The minimum Gasteiger partial charge on any atom is -0.369 e. The molecule has 0 N–H and O–H groups in total. The van der Waals surface area contributed by atoms with E-state index in [1.165, 1.54) is 0 Å². The topological polar surface area (TPSA) is 87.5 Å². The maximum absolute atomic E-state index is 13.4. The van der Waals surface area contributed by atoms with Crippen LogP contribution in [-0.2, 0) is 10.3 Å². The van der Waals surface area contributed by atoms with Crippen molar-refractivity contribution in [3.05, 3.63) is 45.8 Å². The van der Waals surface area contributed by atoms with Gasteiger partial charge in [0, 0.05) is 13.2 Å². The molecule has 4 aromatic rings. The molecular formula is C19H20ClN5O3. The predicted octanol–water partition coefficient (Wildman–Crippen LogP) is 3.82. The Hall–Kier alpha value is -2.71. The minimum absolute atomic E-state index is 0.101. The summed E-state index contributed by atoms with van der Waals surface area (Å²) in [5.41, 5.74) is 1.18. The number of benzene rings is 1. The van der Waals surface area contributed by atoms with E-state index in [0.717, 1.165) is 5.52 Å². The Balaban J connectivity index is 2.06. The highest BCUT2D eigenvalue weighted by molar-refractivity contribution is 6.35. The number of aromatic nitrogens is 5. The van der Waals surface area contributed by atoms with Crippen LogP contribution in [0.2, 0.25) is 5.02 Å². The number of imidazole rings is 1. The van der Waals surface area contributed by atoms with Gasteiger partial charge >= 0.3 is 0 Å². The van der Waals surface area contributed by atoms with Crippen molar-refractivity contribution in [3.63, 3.8) is 0 Å². The molecule has 8 nitrogen and oxygen atoms in total. The summed E-state index contributed by atoms with van der Waals surface area (Å²) < 4.78 is 14.1. The van der Waals surface area contributed by atoms with Crippen molar-refractivity contribution in [3.8, 4) is 11.5 Å². The van der Waals surface area contributed by atoms with Crippen molar-refractivity contribution in [2.24, 2.45) is 0 Å². The smallest absolute Gasteiger partial charge is 0.278 e. The van der Waals surface area contributed by atoms with Crippen LogP contribution in [0, 0.1) is 0 Å². The molecule has 0 amide bonds. The monoisotopic (exact) mass is 401 g/mol. The highest BCUT2D eigenvalue weighted by Crippen LogP contribution is 2.29. The van der Waals surface area contributed by atoms with Gasteiger partial charge in [0.2, 0.25) is 5.82 Å². The van der Waals surface area contributed by atoms with E-state index >= 15 is 0 Å². The van der Waals surface area contributed by atoms with Crippen LogP contribution in [0.5, 0.6) is 0 Å². The van der Waals surface area contributed by atoms with Gasteiger partial charge in [-0.2, -0.15) is 4.98 Å². The molecule has 9 heteroatoms. The van der Waals surface area contributed by atoms with Crippen LogP contribution >= 0.6 is 11.6 Å². The molecule has 0 radical (unpaired) electrons. The third kappa shape index (κ3) is 2.63. The molecule has 0 aliphatic heterocycles. The molecular weight excluding hydrogens is 382 g/mol.